The molecule has 5 nitrogen and oxygen atoms in total. The third-order valence-electron chi connectivity index (χ3n) is 3.03. The summed E-state index contributed by atoms with van der Waals surface area (Å²) in [4.78, 5) is 8.83. The highest BCUT2D eigenvalue weighted by molar-refractivity contribution is 6.33. The Morgan fingerprint density at radius 2 is 2.19 bits per heavy atom. The van der Waals surface area contributed by atoms with E-state index >= 15 is 0 Å². The summed E-state index contributed by atoms with van der Waals surface area (Å²) in [5.41, 5.74) is 1.88. The Kier molecular flexibility index (Phi) is 3.70. The average molecular weight is 306 g/mol. The van der Waals surface area contributed by atoms with Gasteiger partial charge in [0, 0.05) is 12.1 Å². The summed E-state index contributed by atoms with van der Waals surface area (Å²) in [5, 5.41) is 11.0. The molecule has 0 aliphatic heterocycles. The highest BCUT2D eigenvalue weighted by atomic mass is 35.5. The monoisotopic (exact) mass is 305 g/mol. The molecule has 0 bridgehead atoms. The van der Waals surface area contributed by atoms with E-state index in [1.165, 1.54) is 12.1 Å². The van der Waals surface area contributed by atoms with Gasteiger partial charge in [0.15, 0.2) is 5.65 Å². The fourth-order valence-electron chi connectivity index (χ4n) is 2.04. The predicted molar refractivity (Wildman–Crippen MR) is 80.9 cm³/mol. The standard InChI is InChI=1S/C14H13ClFN5/c1-2-5-17-14-19-12(10-7-18-21-13(10)20-14)9-4-3-8(16)6-11(9)15/h3-4,6-7H,2,5H2,1H3,(H2,17,18,19,20,21). The summed E-state index contributed by atoms with van der Waals surface area (Å²) in [6, 6.07) is 4.23. The number of nitrogens with zero attached hydrogens (tertiary/aromatic N) is 3. The number of anilines is 1. The van der Waals surface area contributed by atoms with Crippen molar-refractivity contribution < 1.29 is 4.39 Å². The number of fused-ring (bicyclic) bond motifs is 1. The Hall–Kier alpha value is -2.21. The van der Waals surface area contributed by atoms with Gasteiger partial charge in [-0.05, 0) is 24.6 Å². The van der Waals surface area contributed by atoms with Crippen LogP contribution in [0.3, 0.4) is 0 Å². The van der Waals surface area contributed by atoms with E-state index in [1.807, 2.05) is 0 Å². The summed E-state index contributed by atoms with van der Waals surface area (Å²) in [6.07, 6.45) is 2.59. The minimum absolute atomic E-state index is 0.303. The number of aromatic amines is 1. The van der Waals surface area contributed by atoms with Crippen LogP contribution in [0.5, 0.6) is 0 Å². The van der Waals surface area contributed by atoms with Crippen LogP contribution in [0.2, 0.25) is 5.02 Å². The van der Waals surface area contributed by atoms with Crippen molar-refractivity contribution in [3.63, 3.8) is 0 Å². The largest absolute Gasteiger partial charge is 0.354 e. The highest BCUT2D eigenvalue weighted by Gasteiger charge is 2.14. The topological polar surface area (TPSA) is 66.5 Å². The lowest BCUT2D eigenvalue weighted by Gasteiger charge is -2.08. The van der Waals surface area contributed by atoms with Gasteiger partial charge in [0.2, 0.25) is 5.95 Å². The molecule has 3 rings (SSSR count). The second kappa shape index (κ2) is 5.65. The van der Waals surface area contributed by atoms with Gasteiger partial charge in [-0.1, -0.05) is 18.5 Å². The molecule has 0 spiro atoms. The SMILES string of the molecule is CCCNc1nc(-c2ccc(F)cc2Cl)c2cn[nH]c2n1. The van der Waals surface area contributed by atoms with Gasteiger partial charge in [-0.15, -0.1) is 0 Å². The first-order valence-corrected chi connectivity index (χ1v) is 6.97. The Morgan fingerprint density at radius 3 is 2.95 bits per heavy atom. The third kappa shape index (κ3) is 2.67. The molecular weight excluding hydrogens is 293 g/mol. The van der Waals surface area contributed by atoms with E-state index in [1.54, 1.807) is 12.3 Å². The number of nitrogens with one attached hydrogen (secondary N) is 2. The second-order valence-electron chi connectivity index (χ2n) is 4.58. The van der Waals surface area contributed by atoms with Crippen molar-refractivity contribution >= 4 is 28.6 Å². The number of benzene rings is 1. The van der Waals surface area contributed by atoms with Crippen molar-refractivity contribution in [2.75, 3.05) is 11.9 Å². The quantitative estimate of drug-likeness (QED) is 0.772. The molecular formula is C14H13ClFN5. The smallest absolute Gasteiger partial charge is 0.225 e. The van der Waals surface area contributed by atoms with Gasteiger partial charge in [-0.2, -0.15) is 10.1 Å². The Bertz CT molecular complexity index is 786. The zero-order chi connectivity index (χ0) is 14.8. The molecule has 2 heterocycles. The van der Waals surface area contributed by atoms with Crippen LogP contribution in [0, 0.1) is 5.82 Å². The van der Waals surface area contributed by atoms with E-state index in [0.717, 1.165) is 18.4 Å². The second-order valence-corrected chi connectivity index (χ2v) is 4.99. The van der Waals surface area contributed by atoms with Crippen molar-refractivity contribution in [2.24, 2.45) is 0 Å². The highest BCUT2D eigenvalue weighted by Crippen LogP contribution is 2.32. The molecule has 0 saturated carbocycles. The van der Waals surface area contributed by atoms with E-state index in [-0.39, 0.29) is 5.82 Å². The zero-order valence-corrected chi connectivity index (χ0v) is 12.1. The Morgan fingerprint density at radius 1 is 1.33 bits per heavy atom. The fraction of sp³-hybridized carbons (Fsp3) is 0.214. The van der Waals surface area contributed by atoms with Gasteiger partial charge in [0.05, 0.1) is 22.3 Å². The normalized spacial score (nSPS) is 11.0. The fourth-order valence-corrected chi connectivity index (χ4v) is 2.29. The third-order valence-corrected chi connectivity index (χ3v) is 3.34. The van der Waals surface area contributed by atoms with Crippen LogP contribution in [-0.2, 0) is 0 Å². The Balaban J connectivity index is 2.17. The first-order chi connectivity index (χ1) is 10.2. The van der Waals surface area contributed by atoms with Crippen molar-refractivity contribution in [3.8, 4) is 11.3 Å². The molecule has 0 saturated heterocycles. The lowest BCUT2D eigenvalue weighted by atomic mass is 10.1. The van der Waals surface area contributed by atoms with Crippen LogP contribution < -0.4 is 5.32 Å². The number of aromatic nitrogens is 4. The molecule has 0 amide bonds. The van der Waals surface area contributed by atoms with Crippen LogP contribution in [-0.4, -0.2) is 26.7 Å². The molecule has 3 aromatic rings. The maximum atomic E-state index is 13.2. The van der Waals surface area contributed by atoms with Crippen LogP contribution in [0.1, 0.15) is 13.3 Å². The van der Waals surface area contributed by atoms with Crippen molar-refractivity contribution in [1.29, 1.82) is 0 Å². The van der Waals surface area contributed by atoms with Gasteiger partial charge < -0.3 is 5.32 Å². The summed E-state index contributed by atoms with van der Waals surface area (Å²) in [5.74, 6) is 0.106. The molecule has 2 N–H and O–H groups in total. The minimum Gasteiger partial charge on any atom is -0.354 e. The van der Waals surface area contributed by atoms with Gasteiger partial charge in [-0.25, -0.2) is 9.37 Å². The summed E-state index contributed by atoms with van der Waals surface area (Å²) < 4.78 is 13.2. The number of halogens is 2. The summed E-state index contributed by atoms with van der Waals surface area (Å²) in [7, 11) is 0. The summed E-state index contributed by atoms with van der Waals surface area (Å²) in [6.45, 7) is 2.82. The number of rotatable bonds is 4. The lowest BCUT2D eigenvalue weighted by Crippen LogP contribution is -2.05. The lowest BCUT2D eigenvalue weighted by molar-refractivity contribution is 0.628. The van der Waals surface area contributed by atoms with Gasteiger partial charge in [0.25, 0.3) is 0 Å². The van der Waals surface area contributed by atoms with Gasteiger partial charge >= 0.3 is 0 Å². The molecule has 0 radical (unpaired) electrons. The van der Waals surface area contributed by atoms with E-state index in [2.05, 4.69) is 32.4 Å². The Labute approximate surface area is 125 Å². The van der Waals surface area contributed by atoms with Crippen LogP contribution in [0.25, 0.3) is 22.3 Å². The molecule has 0 fully saturated rings. The molecule has 21 heavy (non-hydrogen) atoms. The zero-order valence-electron chi connectivity index (χ0n) is 11.3. The maximum Gasteiger partial charge on any atom is 0.225 e. The summed E-state index contributed by atoms with van der Waals surface area (Å²) >= 11 is 6.14. The first kappa shape index (κ1) is 13.8. The molecule has 0 aliphatic carbocycles. The molecule has 1 aromatic carbocycles. The van der Waals surface area contributed by atoms with E-state index in [9.17, 15) is 4.39 Å². The molecule has 108 valence electrons. The molecule has 7 heteroatoms. The number of hydrogen-bond donors (Lipinski definition) is 2. The molecule has 0 aliphatic rings. The molecule has 0 unspecified atom stereocenters. The van der Waals surface area contributed by atoms with Gasteiger partial charge in [-0.3, -0.25) is 5.10 Å². The molecule has 2 aromatic heterocycles. The van der Waals surface area contributed by atoms with Crippen molar-refractivity contribution in [3.05, 3.63) is 35.2 Å². The maximum absolute atomic E-state index is 13.2. The van der Waals surface area contributed by atoms with Crippen LogP contribution in [0.15, 0.2) is 24.4 Å². The van der Waals surface area contributed by atoms with Gasteiger partial charge in [0.1, 0.15) is 5.82 Å². The number of hydrogen-bond acceptors (Lipinski definition) is 4. The average Bonchev–Trinajstić information content (AvgIpc) is 2.93. The molecule has 0 atom stereocenters. The number of H-pyrrole nitrogens is 1. The van der Waals surface area contributed by atoms with Crippen molar-refractivity contribution in [2.45, 2.75) is 13.3 Å². The predicted octanol–water partition coefficient (Wildman–Crippen LogP) is 3.63. The van der Waals surface area contributed by atoms with E-state index in [0.29, 0.717) is 27.9 Å². The van der Waals surface area contributed by atoms with E-state index < -0.39 is 0 Å². The van der Waals surface area contributed by atoms with Crippen LogP contribution in [0.4, 0.5) is 10.3 Å². The van der Waals surface area contributed by atoms with E-state index in [4.69, 9.17) is 11.6 Å². The first-order valence-electron chi connectivity index (χ1n) is 6.59. The van der Waals surface area contributed by atoms with Crippen LogP contribution >= 0.6 is 11.6 Å². The minimum atomic E-state index is -0.384. The van der Waals surface area contributed by atoms with Crippen molar-refractivity contribution in [1.82, 2.24) is 20.2 Å².